The third-order valence-corrected chi connectivity index (χ3v) is 1.85. The Balaban J connectivity index is 2.85. The molecule has 1 rings (SSSR count). The second-order valence-electron chi connectivity index (χ2n) is 2.99. The molecule has 0 aliphatic heterocycles. The molecule has 84 valence electrons. The van der Waals surface area contributed by atoms with Crippen molar-refractivity contribution < 1.29 is 14.6 Å². The Morgan fingerprint density at radius 1 is 1.35 bits per heavy atom. The van der Waals surface area contributed by atoms with E-state index in [-0.39, 0.29) is 12.2 Å². The summed E-state index contributed by atoms with van der Waals surface area (Å²) in [6, 6.07) is 9.82. The zero-order chi connectivity index (χ0) is 12.7. The molecule has 0 fully saturated rings. The molecule has 0 amide bonds. The summed E-state index contributed by atoms with van der Waals surface area (Å²) in [5.74, 6) is -0.755. The highest BCUT2D eigenvalue weighted by Gasteiger charge is 2.05. The maximum atomic E-state index is 10.6. The Hall–Kier alpha value is -2.79. The lowest BCUT2D eigenvalue weighted by atomic mass is 10.1. The number of nitrogens with zero attached hydrogens (tertiary/aromatic N) is 2. The van der Waals surface area contributed by atoms with Gasteiger partial charge in [0.05, 0.1) is 0 Å². The first-order chi connectivity index (χ1) is 8.17. The first-order valence-corrected chi connectivity index (χ1v) is 4.62. The van der Waals surface area contributed by atoms with Crippen LogP contribution in [0.1, 0.15) is 5.56 Å². The van der Waals surface area contributed by atoms with E-state index in [0.29, 0.717) is 11.3 Å². The number of hydrogen-bond acceptors (Lipinski definition) is 4. The zero-order valence-electron chi connectivity index (χ0n) is 8.75. The summed E-state index contributed by atoms with van der Waals surface area (Å²) in [4.78, 5) is 10.6. The molecule has 1 aromatic carbocycles. The normalized spacial score (nSPS) is 10.1. The van der Waals surface area contributed by atoms with Crippen LogP contribution in [0.4, 0.5) is 0 Å². The van der Waals surface area contributed by atoms with Gasteiger partial charge in [0, 0.05) is 0 Å². The van der Waals surface area contributed by atoms with E-state index >= 15 is 0 Å². The molecular formula is C12H8N2O3. The quantitative estimate of drug-likeness (QED) is 0.623. The van der Waals surface area contributed by atoms with Gasteiger partial charge in [-0.05, 0) is 23.8 Å². The second-order valence-corrected chi connectivity index (χ2v) is 2.99. The fourth-order valence-corrected chi connectivity index (χ4v) is 1.08. The molecule has 0 aliphatic rings. The summed E-state index contributed by atoms with van der Waals surface area (Å²) >= 11 is 0. The maximum absolute atomic E-state index is 10.6. The molecule has 0 aliphatic carbocycles. The molecular weight excluding hydrogens is 220 g/mol. The van der Waals surface area contributed by atoms with Crippen molar-refractivity contribution in [3.8, 4) is 17.9 Å². The van der Waals surface area contributed by atoms with Crippen LogP contribution in [0.25, 0.3) is 6.08 Å². The van der Waals surface area contributed by atoms with Crippen LogP contribution in [0.2, 0.25) is 0 Å². The molecule has 17 heavy (non-hydrogen) atoms. The fraction of sp³-hybridized carbons (Fsp3) is 0.0833. The highest BCUT2D eigenvalue weighted by molar-refractivity contribution is 5.96. The van der Waals surface area contributed by atoms with E-state index in [4.69, 9.17) is 20.4 Å². The van der Waals surface area contributed by atoms with Crippen LogP contribution in [0.15, 0.2) is 29.8 Å². The van der Waals surface area contributed by atoms with E-state index in [2.05, 4.69) is 0 Å². The average molecular weight is 228 g/mol. The molecule has 0 aromatic heterocycles. The molecule has 1 N–H and O–H groups in total. The van der Waals surface area contributed by atoms with Gasteiger partial charge in [0.1, 0.15) is 23.5 Å². The topological polar surface area (TPSA) is 94.1 Å². The highest BCUT2D eigenvalue weighted by atomic mass is 16.5. The Morgan fingerprint density at radius 2 is 2.00 bits per heavy atom. The van der Waals surface area contributed by atoms with Crippen molar-refractivity contribution in [3.63, 3.8) is 0 Å². The second kappa shape index (κ2) is 5.94. The smallest absolute Gasteiger partial charge is 0.346 e. The van der Waals surface area contributed by atoms with Crippen LogP contribution < -0.4 is 4.74 Å². The summed E-state index contributed by atoms with van der Waals surface area (Å²) in [5, 5.41) is 25.5. The first kappa shape index (κ1) is 12.3. The lowest BCUT2D eigenvalue weighted by Crippen LogP contribution is -1.97. The van der Waals surface area contributed by atoms with Crippen LogP contribution >= 0.6 is 0 Å². The monoisotopic (exact) mass is 228 g/mol. The molecule has 0 saturated heterocycles. The summed E-state index contributed by atoms with van der Waals surface area (Å²) < 4.78 is 5.03. The van der Waals surface area contributed by atoms with Crippen molar-refractivity contribution in [3.05, 3.63) is 35.4 Å². The molecule has 0 atom stereocenters. The number of aliphatic carboxylic acids is 1. The summed E-state index contributed by atoms with van der Waals surface area (Å²) in [7, 11) is 0. The van der Waals surface area contributed by atoms with Crippen molar-refractivity contribution in [2.75, 3.05) is 6.61 Å². The van der Waals surface area contributed by atoms with Gasteiger partial charge in [-0.2, -0.15) is 10.5 Å². The Bertz CT molecular complexity index is 518. The van der Waals surface area contributed by atoms with E-state index in [0.717, 1.165) is 0 Å². The van der Waals surface area contributed by atoms with Gasteiger partial charge in [-0.3, -0.25) is 0 Å². The number of benzene rings is 1. The largest absolute Gasteiger partial charge is 0.479 e. The molecule has 0 heterocycles. The molecule has 0 spiro atoms. The van der Waals surface area contributed by atoms with Crippen LogP contribution in [-0.2, 0) is 4.79 Å². The maximum Gasteiger partial charge on any atom is 0.346 e. The van der Waals surface area contributed by atoms with E-state index < -0.39 is 5.97 Å². The van der Waals surface area contributed by atoms with Gasteiger partial charge in [-0.15, -0.1) is 0 Å². The van der Waals surface area contributed by atoms with Gasteiger partial charge in [-0.25, -0.2) is 4.79 Å². The molecule has 0 unspecified atom stereocenters. The highest BCUT2D eigenvalue weighted by Crippen LogP contribution is 2.14. The van der Waals surface area contributed by atoms with Gasteiger partial charge in [0.25, 0.3) is 0 Å². The third-order valence-electron chi connectivity index (χ3n) is 1.85. The van der Waals surface area contributed by atoms with E-state index in [9.17, 15) is 4.79 Å². The van der Waals surface area contributed by atoms with Crippen LogP contribution in [0.3, 0.4) is 0 Å². The van der Waals surface area contributed by atoms with Crippen molar-refractivity contribution in [1.82, 2.24) is 0 Å². The average Bonchev–Trinajstić information content (AvgIpc) is 2.34. The predicted molar refractivity (Wildman–Crippen MR) is 58.8 cm³/mol. The Morgan fingerprint density at radius 3 is 2.47 bits per heavy atom. The number of carboxylic acid groups (broad SMARTS) is 1. The van der Waals surface area contributed by atoms with Crippen LogP contribution in [0.5, 0.6) is 5.75 Å². The van der Waals surface area contributed by atoms with Crippen LogP contribution in [0, 0.1) is 22.7 Å². The number of carbonyl (C=O) groups is 1. The van der Waals surface area contributed by atoms with Gasteiger partial charge >= 0.3 is 5.97 Å². The summed E-state index contributed by atoms with van der Waals surface area (Å²) in [5.41, 5.74) is 0.240. The van der Waals surface area contributed by atoms with Gasteiger partial charge in [0.2, 0.25) is 0 Å². The van der Waals surface area contributed by atoms with E-state index in [1.165, 1.54) is 6.08 Å². The number of carboxylic acids is 1. The van der Waals surface area contributed by atoms with Crippen molar-refractivity contribution >= 4 is 12.0 Å². The minimum atomic E-state index is -1.27. The Labute approximate surface area is 97.8 Å². The molecule has 0 bridgehead atoms. The van der Waals surface area contributed by atoms with Crippen LogP contribution in [-0.4, -0.2) is 17.7 Å². The number of ether oxygens (including phenoxy) is 1. The molecule has 1 aromatic rings. The third kappa shape index (κ3) is 3.69. The van der Waals surface area contributed by atoms with Gasteiger partial charge in [0.15, 0.2) is 6.61 Å². The standard InChI is InChI=1S/C12H8N2O3/c13-5-6-17-11-3-1-9(2-4-11)7-10(8-14)12(15)16/h1-4,7H,6H2,(H,15,16)/b10-7+. The summed E-state index contributed by atoms with van der Waals surface area (Å²) in [6.45, 7) is -0.0479. The van der Waals surface area contributed by atoms with E-state index in [1.807, 2.05) is 6.07 Å². The van der Waals surface area contributed by atoms with E-state index in [1.54, 1.807) is 30.3 Å². The number of rotatable bonds is 4. The Kier molecular flexibility index (Phi) is 4.29. The molecule has 5 heteroatoms. The summed E-state index contributed by atoms with van der Waals surface area (Å²) in [6.07, 6.45) is 1.26. The van der Waals surface area contributed by atoms with Crippen molar-refractivity contribution in [1.29, 1.82) is 10.5 Å². The first-order valence-electron chi connectivity index (χ1n) is 4.62. The SMILES string of the molecule is N#CCOc1ccc(/C=C(\C#N)C(=O)O)cc1. The van der Waals surface area contributed by atoms with Gasteiger partial charge < -0.3 is 9.84 Å². The number of hydrogen-bond donors (Lipinski definition) is 1. The molecule has 0 radical (unpaired) electrons. The lowest BCUT2D eigenvalue weighted by Gasteiger charge is -2.01. The van der Waals surface area contributed by atoms with Gasteiger partial charge in [-0.1, -0.05) is 12.1 Å². The molecule has 5 nitrogen and oxygen atoms in total. The minimum Gasteiger partial charge on any atom is -0.479 e. The molecule has 0 saturated carbocycles. The van der Waals surface area contributed by atoms with Crippen molar-refractivity contribution in [2.45, 2.75) is 0 Å². The fourth-order valence-electron chi connectivity index (χ4n) is 1.08. The predicted octanol–water partition coefficient (Wildman–Crippen LogP) is 1.58. The lowest BCUT2D eigenvalue weighted by molar-refractivity contribution is -0.132. The van der Waals surface area contributed by atoms with Crippen molar-refractivity contribution in [2.24, 2.45) is 0 Å². The minimum absolute atomic E-state index is 0.0479. The number of nitriles is 2. The zero-order valence-corrected chi connectivity index (χ0v) is 8.75.